The van der Waals surface area contributed by atoms with Crippen LogP contribution in [0.15, 0.2) is 170 Å². The lowest BCUT2D eigenvalue weighted by atomic mass is 9.71. The Labute approximate surface area is 375 Å². The van der Waals surface area contributed by atoms with E-state index in [0.717, 1.165) is 90.5 Å². The highest BCUT2D eigenvalue weighted by atomic mass is 16.5. The number of hydrogen-bond acceptors (Lipinski definition) is 6. The molecule has 0 aliphatic carbocycles. The van der Waals surface area contributed by atoms with Gasteiger partial charge in [0.2, 0.25) is 0 Å². The van der Waals surface area contributed by atoms with Crippen molar-refractivity contribution < 1.29 is 28.4 Å². The van der Waals surface area contributed by atoms with Gasteiger partial charge in [-0.1, -0.05) is 144 Å². The normalized spacial score (nSPS) is 12.8. The van der Waals surface area contributed by atoms with Gasteiger partial charge in [0, 0.05) is 58.4 Å². The first-order valence-corrected chi connectivity index (χ1v) is 21.9. The number of rotatable bonds is 13. The summed E-state index contributed by atoms with van der Waals surface area (Å²) in [5, 5.41) is 0. The van der Waals surface area contributed by atoms with Gasteiger partial charge in [-0.05, 0) is 74.2 Å². The van der Waals surface area contributed by atoms with Crippen molar-refractivity contribution in [3.63, 3.8) is 0 Å². The second-order valence-corrected chi connectivity index (χ2v) is 17.1. The largest absolute Gasteiger partial charge is 0.489 e. The third kappa shape index (κ3) is 8.91. The van der Waals surface area contributed by atoms with E-state index in [2.05, 4.69) is 173 Å². The predicted molar refractivity (Wildman–Crippen MR) is 252 cm³/mol. The molecule has 2 heterocycles. The molecule has 0 aromatic heterocycles. The molecule has 0 amide bonds. The summed E-state index contributed by atoms with van der Waals surface area (Å²) in [6, 6.07) is 58.6. The first-order valence-electron chi connectivity index (χ1n) is 21.9. The quantitative estimate of drug-likeness (QED) is 0.115. The number of hydrogen-bond donors (Lipinski definition) is 0. The van der Waals surface area contributed by atoms with Crippen LogP contribution in [0.5, 0.6) is 46.0 Å². The molecule has 0 unspecified atom stereocenters. The van der Waals surface area contributed by atoms with Crippen LogP contribution >= 0.6 is 0 Å². The molecule has 0 radical (unpaired) electrons. The Morgan fingerprint density at radius 1 is 0.297 bits per heavy atom. The lowest BCUT2D eigenvalue weighted by Crippen LogP contribution is -2.22. The molecule has 10 rings (SSSR count). The molecule has 0 atom stereocenters. The Balaban J connectivity index is 1.04. The van der Waals surface area contributed by atoms with E-state index in [1.54, 1.807) is 0 Å². The fourth-order valence-electron chi connectivity index (χ4n) is 8.49. The number of ether oxygens (including phenoxy) is 6. The number of fused-ring (bicyclic) bond motifs is 4. The van der Waals surface area contributed by atoms with Crippen LogP contribution in [0, 0.1) is 27.7 Å². The maximum absolute atomic E-state index is 6.86. The maximum Gasteiger partial charge on any atom is 0.134 e. The third-order valence-corrected chi connectivity index (χ3v) is 12.2. The minimum atomic E-state index is -0.170. The lowest BCUT2D eigenvalue weighted by molar-refractivity contribution is 0.299. The molecule has 64 heavy (non-hydrogen) atoms. The topological polar surface area (TPSA) is 55.4 Å². The van der Waals surface area contributed by atoms with Crippen molar-refractivity contribution in [3.05, 3.63) is 237 Å². The van der Waals surface area contributed by atoms with E-state index in [4.69, 9.17) is 28.4 Å². The summed E-state index contributed by atoms with van der Waals surface area (Å²) in [4.78, 5) is 0. The van der Waals surface area contributed by atoms with Crippen molar-refractivity contribution in [2.24, 2.45) is 0 Å². The Hall–Kier alpha value is -7.44. The van der Waals surface area contributed by atoms with Crippen LogP contribution in [0.1, 0.15) is 78.6 Å². The summed E-state index contributed by atoms with van der Waals surface area (Å²) in [7, 11) is 0. The van der Waals surface area contributed by atoms with Crippen LogP contribution in [0.3, 0.4) is 0 Å². The Morgan fingerprint density at radius 2 is 0.516 bits per heavy atom. The van der Waals surface area contributed by atoms with Crippen molar-refractivity contribution >= 4 is 0 Å². The summed E-state index contributed by atoms with van der Waals surface area (Å²) in [6.45, 7) is 10.1. The average Bonchev–Trinajstić information content (AvgIpc) is 3.31. The standard InChI is InChI=1S/C58H50O6/c1-37-5-13-41(14-6-37)33-59-45-21-25-49-53(29-45)63-54-30-46(60-34-42-15-7-38(2)8-16-42)22-26-50(54)57(49)58-51-27-23-47(61-35-43-17-9-39(3)10-18-43)31-55(51)64-56-32-48(24-28-52(56)58)62-36-44-19-11-40(4)12-20-44/h5-32,57-58H,33-36H2,1-4H3. The van der Waals surface area contributed by atoms with Gasteiger partial charge in [-0.25, -0.2) is 0 Å². The molecule has 0 bridgehead atoms. The summed E-state index contributed by atoms with van der Waals surface area (Å²) in [6.07, 6.45) is 0. The first-order chi connectivity index (χ1) is 31.3. The van der Waals surface area contributed by atoms with Crippen LogP contribution < -0.4 is 28.4 Å². The molecule has 0 saturated carbocycles. The van der Waals surface area contributed by atoms with Gasteiger partial charge in [-0.2, -0.15) is 0 Å². The minimum absolute atomic E-state index is 0.170. The molecule has 8 aromatic carbocycles. The van der Waals surface area contributed by atoms with Gasteiger partial charge in [0.1, 0.15) is 72.4 Å². The van der Waals surface area contributed by atoms with Crippen molar-refractivity contribution in [3.8, 4) is 46.0 Å². The second kappa shape index (κ2) is 17.7. The molecule has 318 valence electrons. The van der Waals surface area contributed by atoms with Crippen LogP contribution in [0.4, 0.5) is 0 Å². The average molecular weight is 843 g/mol. The van der Waals surface area contributed by atoms with E-state index < -0.39 is 0 Å². The summed E-state index contributed by atoms with van der Waals surface area (Å²) in [5.74, 6) is 5.52. The van der Waals surface area contributed by atoms with E-state index >= 15 is 0 Å². The SMILES string of the molecule is Cc1ccc(COc2ccc3c(c2)Oc2cc(OCc4ccc(C)cc4)ccc2C3C2c3ccc(OCc4ccc(C)cc4)cc3Oc3cc(OCc4ccc(C)cc4)ccc32)cc1. The number of benzene rings is 8. The monoisotopic (exact) mass is 842 g/mol. The van der Waals surface area contributed by atoms with Crippen molar-refractivity contribution in [2.75, 3.05) is 0 Å². The molecular weight excluding hydrogens is 793 g/mol. The molecule has 6 nitrogen and oxygen atoms in total. The Kier molecular flexibility index (Phi) is 11.3. The van der Waals surface area contributed by atoms with Gasteiger partial charge in [-0.15, -0.1) is 0 Å². The Bertz CT molecular complexity index is 2520. The van der Waals surface area contributed by atoms with Crippen LogP contribution in [-0.2, 0) is 26.4 Å². The summed E-state index contributed by atoms with van der Waals surface area (Å²) in [5.41, 5.74) is 13.4. The van der Waals surface area contributed by atoms with E-state index in [9.17, 15) is 0 Å². The maximum atomic E-state index is 6.86. The number of aryl methyl sites for hydroxylation is 4. The van der Waals surface area contributed by atoms with Crippen molar-refractivity contribution in [1.29, 1.82) is 0 Å². The fraction of sp³-hybridized carbons (Fsp3) is 0.172. The smallest absolute Gasteiger partial charge is 0.134 e. The first kappa shape index (κ1) is 40.6. The lowest BCUT2D eigenvalue weighted by Gasteiger charge is -2.38. The van der Waals surface area contributed by atoms with Gasteiger partial charge in [0.25, 0.3) is 0 Å². The zero-order valence-electron chi connectivity index (χ0n) is 36.6. The fourth-order valence-corrected chi connectivity index (χ4v) is 8.49. The highest BCUT2D eigenvalue weighted by Gasteiger charge is 2.41. The summed E-state index contributed by atoms with van der Waals surface area (Å²) < 4.78 is 39.3. The molecular formula is C58H50O6. The van der Waals surface area contributed by atoms with E-state index in [1.165, 1.54) is 22.3 Å². The molecule has 0 spiro atoms. The van der Waals surface area contributed by atoms with E-state index in [1.807, 2.05) is 24.3 Å². The Morgan fingerprint density at radius 3 is 0.734 bits per heavy atom. The summed E-state index contributed by atoms with van der Waals surface area (Å²) >= 11 is 0. The minimum Gasteiger partial charge on any atom is -0.489 e. The molecule has 2 aliphatic heterocycles. The molecule has 6 heteroatoms. The highest BCUT2D eigenvalue weighted by molar-refractivity contribution is 5.65. The van der Waals surface area contributed by atoms with Crippen molar-refractivity contribution in [2.45, 2.75) is 66.0 Å². The van der Waals surface area contributed by atoms with Crippen LogP contribution in [0.25, 0.3) is 0 Å². The van der Waals surface area contributed by atoms with Gasteiger partial charge in [0.05, 0.1) is 0 Å². The van der Waals surface area contributed by atoms with Gasteiger partial charge >= 0.3 is 0 Å². The van der Waals surface area contributed by atoms with Gasteiger partial charge in [0.15, 0.2) is 0 Å². The molecule has 0 N–H and O–H groups in total. The van der Waals surface area contributed by atoms with E-state index in [0.29, 0.717) is 26.4 Å². The zero-order valence-corrected chi connectivity index (χ0v) is 36.6. The molecule has 8 aromatic rings. The third-order valence-electron chi connectivity index (χ3n) is 12.2. The van der Waals surface area contributed by atoms with E-state index in [-0.39, 0.29) is 11.8 Å². The highest BCUT2D eigenvalue weighted by Crippen LogP contribution is 2.59. The van der Waals surface area contributed by atoms with Crippen LogP contribution in [0.2, 0.25) is 0 Å². The molecule has 0 saturated heterocycles. The molecule has 0 fully saturated rings. The van der Waals surface area contributed by atoms with Gasteiger partial charge < -0.3 is 28.4 Å². The molecule has 2 aliphatic rings. The second-order valence-electron chi connectivity index (χ2n) is 17.1. The predicted octanol–water partition coefficient (Wildman–Crippen LogP) is 14.4. The zero-order chi connectivity index (χ0) is 43.6. The van der Waals surface area contributed by atoms with Crippen molar-refractivity contribution in [1.82, 2.24) is 0 Å². The van der Waals surface area contributed by atoms with Crippen LogP contribution in [-0.4, -0.2) is 0 Å². The van der Waals surface area contributed by atoms with Gasteiger partial charge in [-0.3, -0.25) is 0 Å².